The predicted molar refractivity (Wildman–Crippen MR) is 96.2 cm³/mol. The molecule has 138 valence electrons. The van der Waals surface area contributed by atoms with Crippen LogP contribution in [0.3, 0.4) is 0 Å². The van der Waals surface area contributed by atoms with Crippen LogP contribution in [0.2, 0.25) is 0 Å². The summed E-state index contributed by atoms with van der Waals surface area (Å²) in [5, 5.41) is -0.00519. The summed E-state index contributed by atoms with van der Waals surface area (Å²) in [6.07, 6.45) is 0. The molecule has 5 aromatic rings. The fourth-order valence-corrected chi connectivity index (χ4v) is 3.76. The van der Waals surface area contributed by atoms with Crippen LogP contribution in [0.5, 0.6) is 0 Å². The molecule has 0 aliphatic carbocycles. The van der Waals surface area contributed by atoms with Gasteiger partial charge in [0.25, 0.3) is 0 Å². The number of rotatable bonds is 0. The second kappa shape index (κ2) is 5.61. The van der Waals surface area contributed by atoms with Crippen molar-refractivity contribution in [2.75, 3.05) is 0 Å². The molecule has 0 saturated carbocycles. The molecule has 0 amide bonds. The van der Waals surface area contributed by atoms with E-state index in [0.717, 1.165) is 10.8 Å². The molecular weight excluding hydrogens is 378 g/mol. The standard InChI is InChI=1S/C22H8F6/c23-17-14-7-10-6-5-9-3-1-2-4-11(9)12(10)8-13(14)15-16(19(17)25)20(26)22(28)21(27)18(15)24/h1-8H. The molecule has 0 bridgehead atoms. The average molecular weight is 386 g/mol. The minimum Gasteiger partial charge on any atom is -0.203 e. The molecule has 0 aliphatic rings. The van der Waals surface area contributed by atoms with E-state index >= 15 is 0 Å². The maximum atomic E-state index is 14.6. The maximum absolute atomic E-state index is 14.6. The first-order valence-corrected chi connectivity index (χ1v) is 8.28. The van der Waals surface area contributed by atoms with Gasteiger partial charge in [0.05, 0.1) is 5.39 Å². The third-order valence-corrected chi connectivity index (χ3v) is 5.07. The maximum Gasteiger partial charge on any atom is 0.198 e. The van der Waals surface area contributed by atoms with Crippen LogP contribution < -0.4 is 0 Å². The second-order valence-corrected chi connectivity index (χ2v) is 6.54. The molecule has 6 heteroatoms. The summed E-state index contributed by atoms with van der Waals surface area (Å²) in [5.74, 6) is -11.2. The molecule has 0 fully saturated rings. The predicted octanol–water partition coefficient (Wildman–Crippen LogP) is 7.13. The monoisotopic (exact) mass is 386 g/mol. The van der Waals surface area contributed by atoms with Gasteiger partial charge in [-0.1, -0.05) is 36.4 Å². The van der Waals surface area contributed by atoms with Gasteiger partial charge in [-0.05, 0) is 39.1 Å². The molecule has 0 atom stereocenters. The van der Waals surface area contributed by atoms with E-state index in [1.165, 1.54) is 12.1 Å². The molecule has 0 radical (unpaired) electrons. The molecule has 0 aromatic heterocycles. The SMILES string of the molecule is Fc1c(F)c(F)c2c(c1F)c(F)c(F)c1cc3ccc4ccccc4c3cc12. The minimum absolute atomic E-state index is 0.243. The van der Waals surface area contributed by atoms with Crippen molar-refractivity contribution in [1.82, 2.24) is 0 Å². The number of benzene rings is 5. The highest BCUT2D eigenvalue weighted by molar-refractivity contribution is 6.17. The molecule has 0 aliphatic heterocycles. The molecule has 28 heavy (non-hydrogen) atoms. The zero-order valence-electron chi connectivity index (χ0n) is 13.9. The van der Waals surface area contributed by atoms with E-state index in [1.807, 2.05) is 12.1 Å². The van der Waals surface area contributed by atoms with E-state index in [-0.39, 0.29) is 10.8 Å². The van der Waals surface area contributed by atoms with Gasteiger partial charge in [-0.25, -0.2) is 26.3 Å². The van der Waals surface area contributed by atoms with Gasteiger partial charge in [0.1, 0.15) is 0 Å². The van der Waals surface area contributed by atoms with E-state index in [0.29, 0.717) is 10.8 Å². The molecular formula is C22H8F6. The highest BCUT2D eigenvalue weighted by Gasteiger charge is 2.27. The Morgan fingerprint density at radius 1 is 0.393 bits per heavy atom. The Hall–Kier alpha value is -3.28. The highest BCUT2D eigenvalue weighted by atomic mass is 19.2. The molecule has 0 spiro atoms. The lowest BCUT2D eigenvalue weighted by Gasteiger charge is -2.13. The van der Waals surface area contributed by atoms with Crippen molar-refractivity contribution in [1.29, 1.82) is 0 Å². The van der Waals surface area contributed by atoms with Crippen LogP contribution in [0.4, 0.5) is 26.3 Å². The van der Waals surface area contributed by atoms with Crippen LogP contribution in [0, 0.1) is 34.9 Å². The summed E-state index contributed by atoms with van der Waals surface area (Å²) in [5.41, 5.74) is 0. The van der Waals surface area contributed by atoms with Gasteiger partial charge in [-0.2, -0.15) is 0 Å². The van der Waals surface area contributed by atoms with Gasteiger partial charge in [0.15, 0.2) is 34.9 Å². The molecule has 5 aromatic carbocycles. The van der Waals surface area contributed by atoms with Gasteiger partial charge < -0.3 is 0 Å². The third-order valence-electron chi connectivity index (χ3n) is 5.07. The Morgan fingerprint density at radius 3 is 1.75 bits per heavy atom. The summed E-state index contributed by atoms with van der Waals surface area (Å²) >= 11 is 0. The van der Waals surface area contributed by atoms with E-state index in [4.69, 9.17) is 0 Å². The fraction of sp³-hybridized carbons (Fsp3) is 0. The average Bonchev–Trinajstić information content (AvgIpc) is 2.72. The number of hydrogen-bond acceptors (Lipinski definition) is 0. The van der Waals surface area contributed by atoms with E-state index in [1.54, 1.807) is 24.3 Å². The van der Waals surface area contributed by atoms with Crippen molar-refractivity contribution in [2.45, 2.75) is 0 Å². The van der Waals surface area contributed by atoms with Crippen molar-refractivity contribution >= 4 is 43.1 Å². The van der Waals surface area contributed by atoms with Crippen LogP contribution in [0.1, 0.15) is 0 Å². The Bertz CT molecular complexity index is 1470. The summed E-state index contributed by atoms with van der Waals surface area (Å²) in [6, 6.07) is 13.3. The first kappa shape index (κ1) is 16.9. The zero-order valence-corrected chi connectivity index (χ0v) is 13.9. The summed E-state index contributed by atoms with van der Waals surface area (Å²) in [6.45, 7) is 0. The molecule has 0 N–H and O–H groups in total. The van der Waals surface area contributed by atoms with Gasteiger partial charge in [-0.15, -0.1) is 0 Å². The number of halogens is 6. The van der Waals surface area contributed by atoms with Gasteiger partial charge in [0, 0.05) is 10.8 Å². The van der Waals surface area contributed by atoms with Crippen LogP contribution in [0.15, 0.2) is 48.5 Å². The largest absolute Gasteiger partial charge is 0.203 e. The molecule has 0 nitrogen and oxygen atoms in total. The Labute approximate surface area is 153 Å². The van der Waals surface area contributed by atoms with Crippen LogP contribution in [0.25, 0.3) is 43.1 Å². The number of fused-ring (bicyclic) bond motifs is 6. The normalized spacial score (nSPS) is 11.9. The number of hydrogen-bond donors (Lipinski definition) is 0. The topological polar surface area (TPSA) is 0 Å². The smallest absolute Gasteiger partial charge is 0.198 e. The summed E-state index contributed by atoms with van der Waals surface area (Å²) < 4.78 is 85.3. The summed E-state index contributed by atoms with van der Waals surface area (Å²) in [7, 11) is 0. The van der Waals surface area contributed by atoms with Gasteiger partial charge >= 0.3 is 0 Å². The quantitative estimate of drug-likeness (QED) is 0.0873. The lowest BCUT2D eigenvalue weighted by Crippen LogP contribution is -2.02. The fourth-order valence-electron chi connectivity index (χ4n) is 3.76. The summed E-state index contributed by atoms with van der Waals surface area (Å²) in [4.78, 5) is 0. The van der Waals surface area contributed by atoms with Crippen LogP contribution in [-0.2, 0) is 0 Å². The first-order valence-electron chi connectivity index (χ1n) is 8.28. The third kappa shape index (κ3) is 2.03. The van der Waals surface area contributed by atoms with Crippen molar-refractivity contribution < 1.29 is 26.3 Å². The highest BCUT2D eigenvalue weighted by Crippen LogP contribution is 2.39. The zero-order chi connectivity index (χ0) is 19.7. The molecule has 0 unspecified atom stereocenters. The van der Waals surface area contributed by atoms with Crippen LogP contribution in [-0.4, -0.2) is 0 Å². The van der Waals surface area contributed by atoms with Crippen molar-refractivity contribution in [3.8, 4) is 0 Å². The first-order chi connectivity index (χ1) is 13.4. The lowest BCUT2D eigenvalue weighted by atomic mass is 9.94. The minimum atomic E-state index is -2.19. The molecule has 0 saturated heterocycles. The van der Waals surface area contributed by atoms with E-state index in [9.17, 15) is 26.3 Å². The van der Waals surface area contributed by atoms with Crippen molar-refractivity contribution in [3.05, 3.63) is 83.4 Å². The van der Waals surface area contributed by atoms with Crippen LogP contribution >= 0.6 is 0 Å². The van der Waals surface area contributed by atoms with E-state index in [2.05, 4.69) is 0 Å². The van der Waals surface area contributed by atoms with Gasteiger partial charge in [-0.3, -0.25) is 0 Å². The molecule has 5 rings (SSSR count). The second-order valence-electron chi connectivity index (χ2n) is 6.54. The van der Waals surface area contributed by atoms with Crippen molar-refractivity contribution in [2.24, 2.45) is 0 Å². The lowest BCUT2D eigenvalue weighted by molar-refractivity contribution is 0.415. The Kier molecular flexibility index (Phi) is 3.38. The molecule has 0 heterocycles. The van der Waals surface area contributed by atoms with Crippen molar-refractivity contribution in [3.63, 3.8) is 0 Å². The van der Waals surface area contributed by atoms with Gasteiger partial charge in [0.2, 0.25) is 0 Å². The van der Waals surface area contributed by atoms with E-state index < -0.39 is 45.7 Å². The Balaban J connectivity index is 2.13. The Morgan fingerprint density at radius 2 is 1.00 bits per heavy atom.